The van der Waals surface area contributed by atoms with Crippen LogP contribution in [0, 0.1) is 5.41 Å². The van der Waals surface area contributed by atoms with Gasteiger partial charge in [-0.25, -0.2) is 4.98 Å². The first-order valence-corrected chi connectivity index (χ1v) is 7.72. The van der Waals surface area contributed by atoms with Crippen molar-refractivity contribution in [1.82, 2.24) is 14.9 Å². The second-order valence-corrected chi connectivity index (χ2v) is 6.37. The summed E-state index contributed by atoms with van der Waals surface area (Å²) < 4.78 is 7.82. The lowest BCUT2D eigenvalue weighted by Gasteiger charge is -2.18. The van der Waals surface area contributed by atoms with E-state index in [2.05, 4.69) is 14.9 Å². The van der Waals surface area contributed by atoms with Crippen LogP contribution in [0.5, 0.6) is 5.75 Å². The number of hydrogen-bond donors (Lipinski definition) is 1. The van der Waals surface area contributed by atoms with Crippen LogP contribution in [0.3, 0.4) is 0 Å². The first kappa shape index (κ1) is 13.4. The van der Waals surface area contributed by atoms with E-state index in [9.17, 15) is 4.79 Å². The quantitative estimate of drug-likeness (QED) is 0.915. The van der Waals surface area contributed by atoms with Crippen LogP contribution >= 0.6 is 0 Å². The van der Waals surface area contributed by atoms with E-state index in [0.29, 0.717) is 13.0 Å². The lowest BCUT2D eigenvalue weighted by molar-refractivity contribution is -0.127. The summed E-state index contributed by atoms with van der Waals surface area (Å²) in [6.45, 7) is 1.62. The van der Waals surface area contributed by atoms with Gasteiger partial charge in [0.25, 0.3) is 5.91 Å². The number of amides is 1. The van der Waals surface area contributed by atoms with Crippen LogP contribution in [0.25, 0.3) is 0 Å². The molecule has 0 radical (unpaired) electrons. The van der Waals surface area contributed by atoms with Crippen LogP contribution in [0.1, 0.15) is 18.4 Å². The Morgan fingerprint density at radius 3 is 3.00 bits per heavy atom. The molecule has 1 aliphatic carbocycles. The molecule has 2 heterocycles. The Hall–Kier alpha value is -2.30. The summed E-state index contributed by atoms with van der Waals surface area (Å²) >= 11 is 0. The van der Waals surface area contributed by atoms with Gasteiger partial charge in [0.05, 0.1) is 6.33 Å². The third kappa shape index (κ3) is 2.58. The van der Waals surface area contributed by atoms with E-state index in [4.69, 9.17) is 4.74 Å². The molecule has 1 N–H and O–H groups in total. The van der Waals surface area contributed by atoms with Gasteiger partial charge in [0.1, 0.15) is 5.75 Å². The third-order valence-electron chi connectivity index (χ3n) is 4.61. The van der Waals surface area contributed by atoms with Crippen LogP contribution in [0.4, 0.5) is 0 Å². The molecule has 2 aromatic rings. The molecule has 5 nitrogen and oxygen atoms in total. The van der Waals surface area contributed by atoms with Crippen molar-refractivity contribution in [3.8, 4) is 5.75 Å². The number of aromatic nitrogens is 2. The SMILES string of the molecule is O=C(NCC1(Cn2ccnc2)CC1)C1Cc2ccccc2O1. The molecule has 22 heavy (non-hydrogen) atoms. The Morgan fingerprint density at radius 2 is 2.27 bits per heavy atom. The van der Waals surface area contributed by atoms with E-state index >= 15 is 0 Å². The number of nitrogens with zero attached hydrogens (tertiary/aromatic N) is 2. The number of carbonyl (C=O) groups excluding carboxylic acids is 1. The van der Waals surface area contributed by atoms with Crippen molar-refractivity contribution in [2.24, 2.45) is 5.41 Å². The van der Waals surface area contributed by atoms with Gasteiger partial charge in [-0.1, -0.05) is 18.2 Å². The fourth-order valence-electron chi connectivity index (χ4n) is 3.05. The first-order valence-electron chi connectivity index (χ1n) is 7.72. The number of benzene rings is 1. The van der Waals surface area contributed by atoms with Crippen LogP contribution in [0.2, 0.25) is 0 Å². The van der Waals surface area contributed by atoms with E-state index in [-0.39, 0.29) is 17.4 Å². The second kappa shape index (κ2) is 5.16. The Bertz CT molecular complexity index is 652. The van der Waals surface area contributed by atoms with Crippen molar-refractivity contribution in [3.63, 3.8) is 0 Å². The number of fused-ring (bicyclic) bond motifs is 1. The zero-order chi connectivity index (χ0) is 15.0. The van der Waals surface area contributed by atoms with Crippen LogP contribution < -0.4 is 10.1 Å². The van der Waals surface area contributed by atoms with Crippen molar-refractivity contribution >= 4 is 5.91 Å². The number of carbonyl (C=O) groups is 1. The number of para-hydroxylation sites is 1. The summed E-state index contributed by atoms with van der Waals surface area (Å²) in [7, 11) is 0. The monoisotopic (exact) mass is 297 g/mol. The normalized spacial score (nSPS) is 21.0. The Balaban J connectivity index is 1.32. The van der Waals surface area contributed by atoms with Gasteiger partial charge in [0.15, 0.2) is 6.10 Å². The lowest BCUT2D eigenvalue weighted by Crippen LogP contribution is -2.41. The molecular formula is C17H19N3O2. The molecular weight excluding hydrogens is 278 g/mol. The summed E-state index contributed by atoms with van der Waals surface area (Å²) in [6.07, 6.45) is 8.17. The zero-order valence-electron chi connectivity index (χ0n) is 12.4. The predicted octanol–water partition coefficient (Wildman–Crippen LogP) is 1.78. The summed E-state index contributed by atoms with van der Waals surface area (Å²) in [4.78, 5) is 16.4. The molecule has 5 heteroatoms. The van der Waals surface area contributed by atoms with Gasteiger partial charge in [-0.15, -0.1) is 0 Å². The van der Waals surface area contributed by atoms with Crippen molar-refractivity contribution in [3.05, 3.63) is 48.5 Å². The van der Waals surface area contributed by atoms with E-state index in [1.54, 1.807) is 6.20 Å². The lowest BCUT2D eigenvalue weighted by atomic mass is 10.1. The fraction of sp³-hybridized carbons (Fsp3) is 0.412. The Kier molecular flexibility index (Phi) is 3.13. The minimum absolute atomic E-state index is 0.00638. The highest BCUT2D eigenvalue weighted by Crippen LogP contribution is 2.46. The molecule has 1 fully saturated rings. The van der Waals surface area contributed by atoms with Crippen LogP contribution in [0.15, 0.2) is 43.0 Å². The molecule has 1 saturated carbocycles. The van der Waals surface area contributed by atoms with E-state index in [0.717, 1.165) is 30.7 Å². The highest BCUT2D eigenvalue weighted by atomic mass is 16.5. The van der Waals surface area contributed by atoms with Gasteiger partial charge < -0.3 is 14.6 Å². The van der Waals surface area contributed by atoms with Crippen molar-refractivity contribution < 1.29 is 9.53 Å². The smallest absolute Gasteiger partial charge is 0.261 e. The molecule has 1 atom stereocenters. The molecule has 0 spiro atoms. The fourth-order valence-corrected chi connectivity index (χ4v) is 3.05. The van der Waals surface area contributed by atoms with Crippen molar-refractivity contribution in [1.29, 1.82) is 0 Å². The zero-order valence-corrected chi connectivity index (χ0v) is 12.4. The topological polar surface area (TPSA) is 56.2 Å². The molecule has 1 aromatic carbocycles. The highest BCUT2D eigenvalue weighted by Gasteiger charge is 2.43. The first-order chi connectivity index (χ1) is 10.7. The van der Waals surface area contributed by atoms with Crippen LogP contribution in [-0.4, -0.2) is 28.1 Å². The maximum atomic E-state index is 12.3. The van der Waals surface area contributed by atoms with E-state index in [1.165, 1.54) is 0 Å². The average Bonchev–Trinajstić information content (AvgIpc) is 2.94. The Morgan fingerprint density at radius 1 is 1.41 bits per heavy atom. The maximum absolute atomic E-state index is 12.3. The highest BCUT2D eigenvalue weighted by molar-refractivity contribution is 5.82. The van der Waals surface area contributed by atoms with Crippen molar-refractivity contribution in [2.45, 2.75) is 31.9 Å². The Labute approximate surface area is 129 Å². The molecule has 0 saturated heterocycles. The van der Waals surface area contributed by atoms with Gasteiger partial charge in [0, 0.05) is 37.3 Å². The van der Waals surface area contributed by atoms with Gasteiger partial charge >= 0.3 is 0 Å². The van der Waals surface area contributed by atoms with Gasteiger partial charge in [-0.2, -0.15) is 0 Å². The standard InChI is InChI=1S/C17H19N3O2/c21-16(15-9-13-3-1-2-4-14(13)22-15)19-10-17(5-6-17)11-20-8-7-18-12-20/h1-4,7-8,12,15H,5-6,9-11H2,(H,19,21). The molecule has 114 valence electrons. The minimum atomic E-state index is -0.388. The molecule has 0 bridgehead atoms. The van der Waals surface area contributed by atoms with Crippen molar-refractivity contribution in [2.75, 3.05) is 6.54 Å². The van der Waals surface area contributed by atoms with Gasteiger partial charge in [0.2, 0.25) is 0 Å². The molecule has 1 unspecified atom stereocenters. The average molecular weight is 297 g/mol. The summed E-state index contributed by atoms with van der Waals surface area (Å²) in [5, 5.41) is 3.08. The number of nitrogens with one attached hydrogen (secondary N) is 1. The van der Waals surface area contributed by atoms with Gasteiger partial charge in [-0.3, -0.25) is 4.79 Å². The molecule has 1 amide bonds. The molecule has 2 aliphatic rings. The number of ether oxygens (including phenoxy) is 1. The number of rotatable bonds is 5. The second-order valence-electron chi connectivity index (χ2n) is 6.37. The van der Waals surface area contributed by atoms with E-state index < -0.39 is 0 Å². The third-order valence-corrected chi connectivity index (χ3v) is 4.61. The summed E-state index contributed by atoms with van der Waals surface area (Å²) in [5.74, 6) is 0.829. The molecule has 1 aliphatic heterocycles. The number of hydrogen-bond acceptors (Lipinski definition) is 3. The molecule has 4 rings (SSSR count). The summed E-state index contributed by atoms with van der Waals surface area (Å²) in [6, 6.07) is 7.85. The summed E-state index contributed by atoms with van der Waals surface area (Å²) in [5.41, 5.74) is 1.31. The van der Waals surface area contributed by atoms with Gasteiger partial charge in [-0.05, 0) is 24.5 Å². The minimum Gasteiger partial charge on any atom is -0.480 e. The van der Waals surface area contributed by atoms with E-state index in [1.807, 2.05) is 36.8 Å². The molecule has 1 aromatic heterocycles. The predicted molar refractivity (Wildman–Crippen MR) is 81.5 cm³/mol. The van der Waals surface area contributed by atoms with Crippen LogP contribution in [-0.2, 0) is 17.8 Å². The largest absolute Gasteiger partial charge is 0.480 e. The number of imidazole rings is 1. The maximum Gasteiger partial charge on any atom is 0.261 e.